The van der Waals surface area contributed by atoms with Crippen LogP contribution in [0.4, 0.5) is 4.79 Å². The SMILES string of the molecule is CCCCCCCC/C=C/CCCCCCCCNC(=O)OC(CO)CO. The van der Waals surface area contributed by atoms with Crippen molar-refractivity contribution in [3.8, 4) is 0 Å². The Hall–Kier alpha value is -1.07. The van der Waals surface area contributed by atoms with Crippen molar-refractivity contribution in [2.45, 2.75) is 103 Å². The van der Waals surface area contributed by atoms with Crippen molar-refractivity contribution in [3.63, 3.8) is 0 Å². The maximum absolute atomic E-state index is 11.4. The molecule has 0 heterocycles. The molecule has 3 N–H and O–H groups in total. The highest BCUT2D eigenvalue weighted by atomic mass is 16.6. The van der Waals surface area contributed by atoms with Crippen LogP contribution in [0.25, 0.3) is 0 Å². The van der Waals surface area contributed by atoms with Crippen molar-refractivity contribution in [2.24, 2.45) is 0 Å². The lowest BCUT2D eigenvalue weighted by Gasteiger charge is -2.13. The molecule has 0 atom stereocenters. The van der Waals surface area contributed by atoms with Crippen LogP contribution < -0.4 is 5.32 Å². The average molecular weight is 386 g/mol. The molecule has 0 aliphatic heterocycles. The first-order chi connectivity index (χ1) is 13.2. The summed E-state index contributed by atoms with van der Waals surface area (Å²) in [5, 5.41) is 20.3. The molecule has 27 heavy (non-hydrogen) atoms. The van der Waals surface area contributed by atoms with Crippen molar-refractivity contribution in [1.29, 1.82) is 0 Å². The zero-order valence-corrected chi connectivity index (χ0v) is 17.5. The van der Waals surface area contributed by atoms with Gasteiger partial charge in [-0.25, -0.2) is 4.79 Å². The minimum Gasteiger partial charge on any atom is -0.441 e. The fourth-order valence-electron chi connectivity index (χ4n) is 2.89. The molecule has 0 bridgehead atoms. The van der Waals surface area contributed by atoms with Gasteiger partial charge in [-0.15, -0.1) is 0 Å². The van der Waals surface area contributed by atoms with Gasteiger partial charge in [0.05, 0.1) is 13.2 Å². The Balaban J connectivity index is 3.24. The maximum Gasteiger partial charge on any atom is 0.407 e. The second-order valence-corrected chi connectivity index (χ2v) is 7.26. The number of hydrogen-bond donors (Lipinski definition) is 3. The fraction of sp³-hybridized carbons (Fsp3) is 0.864. The molecule has 0 aromatic heterocycles. The molecule has 0 aromatic carbocycles. The van der Waals surface area contributed by atoms with Gasteiger partial charge in [-0.05, 0) is 32.1 Å². The smallest absolute Gasteiger partial charge is 0.407 e. The fourth-order valence-corrected chi connectivity index (χ4v) is 2.89. The molecule has 5 heteroatoms. The van der Waals surface area contributed by atoms with Gasteiger partial charge in [-0.2, -0.15) is 0 Å². The highest BCUT2D eigenvalue weighted by molar-refractivity contribution is 5.67. The van der Waals surface area contributed by atoms with E-state index in [1.54, 1.807) is 0 Å². The first-order valence-electron chi connectivity index (χ1n) is 11.1. The zero-order chi connectivity index (χ0) is 20.0. The summed E-state index contributed by atoms with van der Waals surface area (Å²) in [5.41, 5.74) is 0. The van der Waals surface area contributed by atoms with E-state index in [2.05, 4.69) is 24.4 Å². The summed E-state index contributed by atoms with van der Waals surface area (Å²) in [5.74, 6) is 0. The van der Waals surface area contributed by atoms with Crippen LogP contribution in [0.15, 0.2) is 12.2 Å². The Morgan fingerprint density at radius 2 is 1.30 bits per heavy atom. The Morgan fingerprint density at radius 3 is 1.81 bits per heavy atom. The normalized spacial score (nSPS) is 11.4. The monoisotopic (exact) mass is 385 g/mol. The first-order valence-corrected chi connectivity index (χ1v) is 11.1. The third-order valence-electron chi connectivity index (χ3n) is 4.64. The van der Waals surface area contributed by atoms with Gasteiger partial charge in [0, 0.05) is 6.54 Å². The number of unbranched alkanes of at least 4 members (excludes halogenated alkanes) is 12. The van der Waals surface area contributed by atoms with Crippen molar-refractivity contribution >= 4 is 6.09 Å². The maximum atomic E-state index is 11.4. The Bertz CT molecular complexity index is 343. The molecule has 5 nitrogen and oxygen atoms in total. The summed E-state index contributed by atoms with van der Waals surface area (Å²) in [6.45, 7) is 2.11. The van der Waals surface area contributed by atoms with Gasteiger partial charge in [-0.1, -0.05) is 76.9 Å². The Labute approximate surface area is 166 Å². The van der Waals surface area contributed by atoms with Gasteiger partial charge in [0.15, 0.2) is 0 Å². The first kappa shape index (κ1) is 25.9. The Kier molecular flexibility index (Phi) is 20.4. The summed E-state index contributed by atoms with van der Waals surface area (Å²) in [7, 11) is 0. The number of rotatable bonds is 19. The number of allylic oxidation sites excluding steroid dienone is 2. The average Bonchev–Trinajstić information content (AvgIpc) is 2.68. The lowest BCUT2D eigenvalue weighted by atomic mass is 10.1. The molecule has 0 rings (SSSR count). The van der Waals surface area contributed by atoms with Crippen LogP contribution in [0.1, 0.15) is 96.8 Å². The van der Waals surface area contributed by atoms with Crippen molar-refractivity contribution < 1.29 is 19.7 Å². The molecule has 0 aliphatic rings. The summed E-state index contributed by atoms with van der Waals surface area (Å²) in [6, 6.07) is 0. The van der Waals surface area contributed by atoms with Crippen molar-refractivity contribution in [1.82, 2.24) is 5.32 Å². The van der Waals surface area contributed by atoms with E-state index >= 15 is 0 Å². The molecule has 0 radical (unpaired) electrons. The number of ether oxygens (including phenoxy) is 1. The number of aliphatic hydroxyl groups excluding tert-OH is 2. The van der Waals surface area contributed by atoms with Gasteiger partial charge < -0.3 is 20.3 Å². The minimum atomic E-state index is -0.829. The van der Waals surface area contributed by atoms with Gasteiger partial charge in [0.1, 0.15) is 6.10 Å². The number of nitrogens with one attached hydrogen (secondary N) is 1. The summed E-state index contributed by atoms with van der Waals surface area (Å²) in [4.78, 5) is 11.4. The standard InChI is InChI=1S/C22H43NO4/c1-2-3-4-5-6-7-8-9-10-11-12-13-14-15-16-17-18-23-22(26)27-21(19-24)20-25/h9-10,21,24-25H,2-8,11-20H2,1H3,(H,23,26)/b10-9+. The molecule has 1 amide bonds. The van der Waals surface area contributed by atoms with Crippen LogP contribution in [0.3, 0.4) is 0 Å². The second-order valence-electron chi connectivity index (χ2n) is 7.26. The van der Waals surface area contributed by atoms with E-state index in [-0.39, 0.29) is 13.2 Å². The predicted molar refractivity (Wildman–Crippen MR) is 112 cm³/mol. The van der Waals surface area contributed by atoms with Crippen LogP contribution >= 0.6 is 0 Å². The van der Waals surface area contributed by atoms with E-state index in [9.17, 15) is 4.79 Å². The minimum absolute atomic E-state index is 0.363. The van der Waals surface area contributed by atoms with Crippen molar-refractivity contribution in [2.75, 3.05) is 19.8 Å². The van der Waals surface area contributed by atoms with E-state index in [0.29, 0.717) is 6.54 Å². The molecule has 160 valence electrons. The predicted octanol–water partition coefficient (Wildman–Crippen LogP) is 5.10. The number of carbonyl (C=O) groups is 1. The molecule has 0 saturated carbocycles. The lowest BCUT2D eigenvalue weighted by Crippen LogP contribution is -2.33. The van der Waals surface area contributed by atoms with Crippen LogP contribution in [0, 0.1) is 0 Å². The van der Waals surface area contributed by atoms with Crippen LogP contribution in [0.5, 0.6) is 0 Å². The Morgan fingerprint density at radius 1 is 0.815 bits per heavy atom. The molecule has 0 spiro atoms. The highest BCUT2D eigenvalue weighted by Gasteiger charge is 2.11. The van der Waals surface area contributed by atoms with Crippen LogP contribution in [0.2, 0.25) is 0 Å². The van der Waals surface area contributed by atoms with Gasteiger partial charge in [0.2, 0.25) is 0 Å². The third kappa shape index (κ3) is 19.5. The number of alkyl carbamates (subject to hydrolysis) is 1. The van der Waals surface area contributed by atoms with Crippen LogP contribution in [-0.2, 0) is 4.74 Å². The van der Waals surface area contributed by atoms with E-state index in [1.165, 1.54) is 77.0 Å². The van der Waals surface area contributed by atoms with E-state index < -0.39 is 12.2 Å². The van der Waals surface area contributed by atoms with E-state index in [4.69, 9.17) is 14.9 Å². The number of hydrogen-bond acceptors (Lipinski definition) is 4. The van der Waals surface area contributed by atoms with Gasteiger partial charge in [0.25, 0.3) is 0 Å². The molecule has 0 fully saturated rings. The number of amides is 1. The molecule has 0 saturated heterocycles. The third-order valence-corrected chi connectivity index (χ3v) is 4.64. The second kappa shape index (κ2) is 21.2. The van der Waals surface area contributed by atoms with Crippen molar-refractivity contribution in [3.05, 3.63) is 12.2 Å². The quantitative estimate of drug-likeness (QED) is 0.213. The lowest BCUT2D eigenvalue weighted by molar-refractivity contribution is 0.0223. The van der Waals surface area contributed by atoms with Crippen LogP contribution in [-0.4, -0.2) is 42.2 Å². The molecule has 0 unspecified atom stereocenters. The van der Waals surface area contributed by atoms with Gasteiger partial charge in [-0.3, -0.25) is 0 Å². The summed E-state index contributed by atoms with van der Waals surface area (Å²) >= 11 is 0. The zero-order valence-electron chi connectivity index (χ0n) is 17.5. The largest absolute Gasteiger partial charge is 0.441 e. The number of carbonyl (C=O) groups excluding carboxylic acids is 1. The molecule has 0 aromatic rings. The van der Waals surface area contributed by atoms with E-state index in [1.807, 2.05) is 0 Å². The molecular weight excluding hydrogens is 342 g/mol. The van der Waals surface area contributed by atoms with Gasteiger partial charge >= 0.3 is 6.09 Å². The topological polar surface area (TPSA) is 78.8 Å². The highest BCUT2D eigenvalue weighted by Crippen LogP contribution is 2.09. The number of aliphatic hydroxyl groups is 2. The molecular formula is C22H43NO4. The molecule has 0 aliphatic carbocycles. The summed E-state index contributed by atoms with van der Waals surface area (Å²) < 4.78 is 4.82. The summed E-state index contributed by atoms with van der Waals surface area (Å²) in [6.07, 6.45) is 20.9. The van der Waals surface area contributed by atoms with E-state index in [0.717, 1.165) is 12.8 Å².